The second-order valence-electron chi connectivity index (χ2n) is 6.43. The molecule has 3 N–H and O–H groups in total. The summed E-state index contributed by atoms with van der Waals surface area (Å²) < 4.78 is 0. The Morgan fingerprint density at radius 1 is 1.26 bits per heavy atom. The Morgan fingerprint density at radius 3 is 2.53 bits per heavy atom. The quantitative estimate of drug-likeness (QED) is 0.811. The first-order valence-electron chi connectivity index (χ1n) is 7.89. The molecule has 2 rings (SSSR count). The number of nitrogens with one attached hydrogen (secondary N) is 1. The average molecular weight is 267 g/mol. The van der Waals surface area contributed by atoms with E-state index in [4.69, 9.17) is 5.73 Å². The molecule has 4 heteroatoms. The van der Waals surface area contributed by atoms with Gasteiger partial charge in [0.2, 0.25) is 5.91 Å². The van der Waals surface area contributed by atoms with Crippen molar-refractivity contribution in [3.05, 3.63) is 0 Å². The molecule has 0 aromatic rings. The highest BCUT2D eigenvalue weighted by molar-refractivity contribution is 5.83. The van der Waals surface area contributed by atoms with Crippen LogP contribution in [0.15, 0.2) is 0 Å². The summed E-state index contributed by atoms with van der Waals surface area (Å²) >= 11 is 0. The number of hydrogen-bond donors (Lipinski definition) is 2. The number of rotatable bonds is 4. The fourth-order valence-corrected chi connectivity index (χ4v) is 3.36. The van der Waals surface area contributed by atoms with Gasteiger partial charge in [0.25, 0.3) is 0 Å². The summed E-state index contributed by atoms with van der Waals surface area (Å²) in [6, 6.07) is 0.0330. The van der Waals surface area contributed by atoms with E-state index in [1.54, 1.807) is 0 Å². The second-order valence-corrected chi connectivity index (χ2v) is 6.43. The van der Waals surface area contributed by atoms with Gasteiger partial charge in [0.15, 0.2) is 0 Å². The monoisotopic (exact) mass is 267 g/mol. The van der Waals surface area contributed by atoms with Crippen LogP contribution in [0.25, 0.3) is 0 Å². The summed E-state index contributed by atoms with van der Waals surface area (Å²) in [6.45, 7) is 6.14. The highest BCUT2D eigenvalue weighted by atomic mass is 16.2. The summed E-state index contributed by atoms with van der Waals surface area (Å²) in [4.78, 5) is 14.8. The van der Waals surface area contributed by atoms with Crippen LogP contribution in [0.5, 0.6) is 0 Å². The number of hydrogen-bond acceptors (Lipinski definition) is 3. The van der Waals surface area contributed by atoms with Gasteiger partial charge in [-0.15, -0.1) is 0 Å². The maximum Gasteiger partial charge on any atom is 0.227 e. The van der Waals surface area contributed by atoms with Crippen LogP contribution in [0.3, 0.4) is 0 Å². The minimum Gasteiger partial charge on any atom is -0.354 e. The third kappa shape index (κ3) is 3.69. The van der Waals surface area contributed by atoms with Crippen LogP contribution in [0.4, 0.5) is 0 Å². The predicted molar refractivity (Wildman–Crippen MR) is 77.9 cm³/mol. The molecule has 4 nitrogen and oxygen atoms in total. The van der Waals surface area contributed by atoms with Gasteiger partial charge in [-0.05, 0) is 45.7 Å². The minimum absolute atomic E-state index is 0.0330. The SMILES string of the molecule is CC1(C(=O)NCCN2CCCCCC2)CCCC1N. The third-order valence-corrected chi connectivity index (χ3v) is 4.96. The Balaban J connectivity index is 1.71. The van der Waals surface area contributed by atoms with Gasteiger partial charge in [-0.3, -0.25) is 4.79 Å². The zero-order valence-corrected chi connectivity index (χ0v) is 12.3. The minimum atomic E-state index is -0.335. The molecule has 1 saturated heterocycles. The molecular weight excluding hydrogens is 238 g/mol. The zero-order chi connectivity index (χ0) is 13.7. The van der Waals surface area contributed by atoms with Crippen LogP contribution in [0, 0.1) is 5.41 Å². The largest absolute Gasteiger partial charge is 0.354 e. The van der Waals surface area contributed by atoms with Gasteiger partial charge in [-0.1, -0.05) is 19.3 Å². The van der Waals surface area contributed by atoms with Crippen LogP contribution < -0.4 is 11.1 Å². The van der Waals surface area contributed by atoms with E-state index in [2.05, 4.69) is 10.2 Å². The van der Waals surface area contributed by atoms with Crippen molar-refractivity contribution < 1.29 is 4.79 Å². The van der Waals surface area contributed by atoms with Gasteiger partial charge in [0, 0.05) is 19.1 Å². The molecule has 19 heavy (non-hydrogen) atoms. The Labute approximate surface area is 117 Å². The van der Waals surface area contributed by atoms with Gasteiger partial charge in [0.1, 0.15) is 0 Å². The fourth-order valence-electron chi connectivity index (χ4n) is 3.36. The summed E-state index contributed by atoms with van der Waals surface area (Å²) in [5.41, 5.74) is 5.74. The van der Waals surface area contributed by atoms with E-state index in [1.165, 1.54) is 38.8 Å². The second kappa shape index (κ2) is 6.71. The molecule has 0 radical (unpaired) electrons. The maximum absolute atomic E-state index is 12.3. The summed E-state index contributed by atoms with van der Waals surface area (Å²) in [5, 5.41) is 3.10. The molecule has 2 unspecified atom stereocenters. The van der Waals surface area contributed by atoms with Crippen molar-refractivity contribution in [1.82, 2.24) is 10.2 Å². The molecule has 1 amide bonds. The molecule has 0 aromatic carbocycles. The van der Waals surface area contributed by atoms with E-state index in [9.17, 15) is 4.79 Å². The Hall–Kier alpha value is -0.610. The van der Waals surface area contributed by atoms with Crippen molar-refractivity contribution in [1.29, 1.82) is 0 Å². The summed E-state index contributed by atoms with van der Waals surface area (Å²) in [5.74, 6) is 0.160. The lowest BCUT2D eigenvalue weighted by atomic mass is 9.84. The third-order valence-electron chi connectivity index (χ3n) is 4.96. The molecule has 1 heterocycles. The summed E-state index contributed by atoms with van der Waals surface area (Å²) in [6.07, 6.45) is 8.32. The molecular formula is C15H29N3O. The van der Waals surface area contributed by atoms with Gasteiger partial charge in [-0.2, -0.15) is 0 Å². The number of carbonyl (C=O) groups excluding carboxylic acids is 1. The highest BCUT2D eigenvalue weighted by Gasteiger charge is 2.42. The van der Waals surface area contributed by atoms with E-state index in [-0.39, 0.29) is 17.4 Å². The first-order valence-corrected chi connectivity index (χ1v) is 7.89. The highest BCUT2D eigenvalue weighted by Crippen LogP contribution is 2.36. The first-order chi connectivity index (χ1) is 9.13. The van der Waals surface area contributed by atoms with E-state index in [1.807, 2.05) is 6.92 Å². The van der Waals surface area contributed by atoms with Crippen LogP contribution in [0.2, 0.25) is 0 Å². The van der Waals surface area contributed by atoms with E-state index in [0.717, 1.165) is 32.4 Å². The molecule has 1 saturated carbocycles. The van der Waals surface area contributed by atoms with Crippen molar-refractivity contribution in [3.63, 3.8) is 0 Å². The molecule has 110 valence electrons. The zero-order valence-electron chi connectivity index (χ0n) is 12.3. The normalized spacial score (nSPS) is 33.1. The predicted octanol–water partition coefficient (Wildman–Crippen LogP) is 1.50. The van der Waals surface area contributed by atoms with Crippen molar-refractivity contribution in [2.45, 2.75) is 57.9 Å². The van der Waals surface area contributed by atoms with Crippen LogP contribution in [-0.2, 0) is 4.79 Å². The van der Waals surface area contributed by atoms with E-state index >= 15 is 0 Å². The van der Waals surface area contributed by atoms with Gasteiger partial charge >= 0.3 is 0 Å². The van der Waals surface area contributed by atoms with Crippen LogP contribution in [0.1, 0.15) is 51.9 Å². The summed E-state index contributed by atoms with van der Waals surface area (Å²) in [7, 11) is 0. The molecule has 0 bridgehead atoms. The van der Waals surface area contributed by atoms with Crippen LogP contribution in [-0.4, -0.2) is 43.0 Å². The van der Waals surface area contributed by atoms with Gasteiger partial charge in [0.05, 0.1) is 5.41 Å². The van der Waals surface area contributed by atoms with Crippen molar-refractivity contribution in [2.24, 2.45) is 11.1 Å². The molecule has 2 aliphatic rings. The van der Waals surface area contributed by atoms with Gasteiger partial charge < -0.3 is 16.0 Å². The van der Waals surface area contributed by atoms with Crippen molar-refractivity contribution >= 4 is 5.91 Å². The number of likely N-dealkylation sites (tertiary alicyclic amines) is 1. The van der Waals surface area contributed by atoms with E-state index in [0.29, 0.717) is 0 Å². The average Bonchev–Trinajstić information content (AvgIpc) is 2.62. The fraction of sp³-hybridized carbons (Fsp3) is 0.933. The molecule has 0 spiro atoms. The first kappa shape index (κ1) is 14.8. The standard InChI is InChI=1S/C15H29N3O/c1-15(8-6-7-13(15)16)14(19)17-9-12-18-10-4-2-3-5-11-18/h13H,2-12,16H2,1H3,(H,17,19). The van der Waals surface area contributed by atoms with Gasteiger partial charge in [-0.25, -0.2) is 0 Å². The number of nitrogens with zero attached hydrogens (tertiary/aromatic N) is 1. The number of carbonyl (C=O) groups is 1. The lowest BCUT2D eigenvalue weighted by Crippen LogP contribution is -2.48. The number of nitrogens with two attached hydrogens (primary N) is 1. The molecule has 2 atom stereocenters. The lowest BCUT2D eigenvalue weighted by Gasteiger charge is -2.28. The smallest absolute Gasteiger partial charge is 0.227 e. The van der Waals surface area contributed by atoms with Crippen LogP contribution >= 0.6 is 0 Å². The number of amides is 1. The Kier molecular flexibility index (Phi) is 5.22. The van der Waals surface area contributed by atoms with Crippen molar-refractivity contribution in [3.8, 4) is 0 Å². The topological polar surface area (TPSA) is 58.4 Å². The molecule has 1 aliphatic carbocycles. The maximum atomic E-state index is 12.3. The van der Waals surface area contributed by atoms with E-state index < -0.39 is 0 Å². The Bertz CT molecular complexity index is 300. The molecule has 1 aliphatic heterocycles. The van der Waals surface area contributed by atoms with Crippen molar-refractivity contribution in [2.75, 3.05) is 26.2 Å². The Morgan fingerprint density at radius 2 is 1.95 bits per heavy atom. The molecule has 2 fully saturated rings. The molecule has 0 aromatic heterocycles. The lowest BCUT2D eigenvalue weighted by molar-refractivity contribution is -0.130.